The number of hydrogen-bond donors (Lipinski definition) is 1. The first-order valence-electron chi connectivity index (χ1n) is 10.4. The molecule has 0 bridgehead atoms. The molecule has 10 heteroatoms. The van der Waals surface area contributed by atoms with Crippen molar-refractivity contribution in [3.63, 3.8) is 0 Å². The van der Waals surface area contributed by atoms with Gasteiger partial charge in [-0.25, -0.2) is 0 Å². The van der Waals surface area contributed by atoms with Crippen LogP contribution >= 0.6 is 11.8 Å². The van der Waals surface area contributed by atoms with E-state index in [1.54, 1.807) is 17.9 Å². The third-order valence-electron chi connectivity index (χ3n) is 5.86. The van der Waals surface area contributed by atoms with E-state index in [0.717, 1.165) is 5.56 Å². The van der Waals surface area contributed by atoms with E-state index < -0.39 is 28.7 Å². The Morgan fingerprint density at radius 1 is 1.12 bits per heavy atom. The van der Waals surface area contributed by atoms with Crippen LogP contribution in [-0.2, 0) is 15.0 Å². The van der Waals surface area contributed by atoms with Gasteiger partial charge in [0.2, 0.25) is 5.91 Å². The summed E-state index contributed by atoms with van der Waals surface area (Å²) < 4.78 is 43.8. The number of fused-ring (bicyclic) bond motifs is 1. The molecule has 34 heavy (non-hydrogen) atoms. The van der Waals surface area contributed by atoms with Gasteiger partial charge in [0.05, 0.1) is 10.3 Å². The van der Waals surface area contributed by atoms with Gasteiger partial charge >= 0.3 is 6.36 Å². The summed E-state index contributed by atoms with van der Waals surface area (Å²) in [6.07, 6.45) is -3.49. The number of alkyl halides is 3. The van der Waals surface area contributed by atoms with Crippen LogP contribution in [0.25, 0.3) is 17.2 Å². The molecule has 0 spiro atoms. The van der Waals surface area contributed by atoms with Crippen LogP contribution in [0.1, 0.15) is 37.5 Å². The maximum atomic E-state index is 13.2. The van der Waals surface area contributed by atoms with Gasteiger partial charge in [-0.05, 0) is 86.0 Å². The number of thioether (sulfide) groups is 1. The molecule has 0 aromatic heterocycles. The lowest BCUT2D eigenvalue weighted by molar-refractivity contribution is -0.274. The zero-order valence-electron chi connectivity index (χ0n) is 18.8. The Morgan fingerprint density at radius 2 is 1.82 bits per heavy atom. The maximum Gasteiger partial charge on any atom is 0.573 e. The largest absolute Gasteiger partial charge is 0.573 e. The summed E-state index contributed by atoms with van der Waals surface area (Å²) in [5.41, 5.74) is 2.37. The van der Waals surface area contributed by atoms with Crippen LogP contribution < -0.4 is 15.0 Å². The highest BCUT2D eigenvalue weighted by Crippen LogP contribution is 2.46. The fourth-order valence-corrected chi connectivity index (χ4v) is 4.90. The second kappa shape index (κ2) is 8.19. The van der Waals surface area contributed by atoms with Gasteiger partial charge in [0.15, 0.2) is 0 Å². The summed E-state index contributed by atoms with van der Waals surface area (Å²) in [7, 11) is 0. The number of hydrogen-bond acceptors (Lipinski definition) is 5. The number of nitrogens with one attached hydrogen (secondary N) is 1. The molecule has 0 unspecified atom stereocenters. The van der Waals surface area contributed by atoms with Crippen molar-refractivity contribution in [3.05, 3.63) is 51.9 Å². The van der Waals surface area contributed by atoms with Gasteiger partial charge in [0.1, 0.15) is 5.75 Å². The van der Waals surface area contributed by atoms with Gasteiger partial charge in [0, 0.05) is 17.8 Å². The van der Waals surface area contributed by atoms with Crippen molar-refractivity contribution in [2.75, 3.05) is 11.4 Å². The van der Waals surface area contributed by atoms with Crippen molar-refractivity contribution in [3.8, 4) is 16.9 Å². The van der Waals surface area contributed by atoms with Crippen molar-refractivity contribution in [1.29, 1.82) is 0 Å². The fourth-order valence-electron chi connectivity index (χ4n) is 4.22. The molecule has 2 heterocycles. The predicted octanol–water partition coefficient (Wildman–Crippen LogP) is 5.53. The lowest BCUT2D eigenvalue weighted by atomic mass is 9.84. The minimum atomic E-state index is -4.92. The molecular formula is C24H21F3N2O4S. The second-order valence-electron chi connectivity index (χ2n) is 8.51. The zero-order chi connectivity index (χ0) is 25.0. The molecule has 0 radical (unpaired) electrons. The summed E-state index contributed by atoms with van der Waals surface area (Å²) in [5, 5.41) is 1.62. The number of nitrogens with zero attached hydrogens (tertiary/aromatic N) is 1. The topological polar surface area (TPSA) is 75.7 Å². The number of carbonyl (C=O) groups excluding carboxylic acids is 3. The van der Waals surface area contributed by atoms with Crippen LogP contribution in [0.3, 0.4) is 0 Å². The fraction of sp³-hybridized carbons (Fsp3) is 0.292. The van der Waals surface area contributed by atoms with E-state index in [1.165, 1.54) is 24.3 Å². The van der Waals surface area contributed by atoms with Gasteiger partial charge in [-0.15, -0.1) is 13.2 Å². The number of anilines is 1. The minimum Gasteiger partial charge on any atom is -0.405 e. The molecule has 1 saturated heterocycles. The van der Waals surface area contributed by atoms with Crippen LogP contribution in [0.4, 0.5) is 23.7 Å². The molecule has 2 aliphatic rings. The van der Waals surface area contributed by atoms with Crippen LogP contribution in [0.2, 0.25) is 0 Å². The molecule has 0 atom stereocenters. The molecule has 6 nitrogen and oxygen atoms in total. The highest BCUT2D eigenvalue weighted by Gasteiger charge is 2.43. The van der Waals surface area contributed by atoms with Crippen LogP contribution in [0.15, 0.2) is 35.2 Å². The number of likely N-dealkylation sites (N-methyl/N-ethyl adjacent to an activating group) is 1. The number of ether oxygens (including phenoxy) is 1. The molecule has 2 aliphatic heterocycles. The van der Waals surface area contributed by atoms with E-state index >= 15 is 0 Å². The summed E-state index contributed by atoms with van der Waals surface area (Å²) >= 11 is 0.713. The number of benzene rings is 2. The van der Waals surface area contributed by atoms with E-state index in [-0.39, 0.29) is 16.4 Å². The molecule has 0 aliphatic carbocycles. The standard InChI is InChI=1S/C24H21F3N2O4S/c1-5-29-17-11-14(12(2)8-16(17)23(3,4)21(29)31)15-9-13(6-7-18(15)33-24(25,26)27)10-19-20(30)28-22(32)34-19/h6-11H,5H2,1-4H3,(H,28,30,32)/b19-10+. The lowest BCUT2D eigenvalue weighted by Gasteiger charge is -2.19. The summed E-state index contributed by atoms with van der Waals surface area (Å²) in [6, 6.07) is 7.55. The van der Waals surface area contributed by atoms with Gasteiger partial charge in [-0.1, -0.05) is 12.1 Å². The Balaban J connectivity index is 1.90. The Labute approximate surface area is 198 Å². The Bertz CT molecular complexity index is 1270. The predicted molar refractivity (Wildman–Crippen MR) is 123 cm³/mol. The van der Waals surface area contributed by atoms with Crippen molar-refractivity contribution in [2.45, 2.75) is 39.5 Å². The summed E-state index contributed by atoms with van der Waals surface area (Å²) in [5.74, 6) is -1.06. The van der Waals surface area contributed by atoms with E-state index in [1.807, 2.05) is 26.8 Å². The average Bonchev–Trinajstić information content (AvgIpc) is 3.14. The number of amides is 3. The van der Waals surface area contributed by atoms with E-state index in [2.05, 4.69) is 10.1 Å². The highest BCUT2D eigenvalue weighted by atomic mass is 32.2. The van der Waals surface area contributed by atoms with Gasteiger partial charge in [0.25, 0.3) is 11.1 Å². The molecule has 1 fully saturated rings. The molecular weight excluding hydrogens is 469 g/mol. The van der Waals surface area contributed by atoms with Crippen molar-refractivity contribution >= 4 is 40.6 Å². The summed E-state index contributed by atoms with van der Waals surface area (Å²) in [4.78, 5) is 38.0. The highest BCUT2D eigenvalue weighted by molar-refractivity contribution is 8.18. The minimum absolute atomic E-state index is 0.0827. The monoisotopic (exact) mass is 490 g/mol. The van der Waals surface area contributed by atoms with E-state index in [9.17, 15) is 27.6 Å². The molecule has 2 aromatic carbocycles. The smallest absolute Gasteiger partial charge is 0.405 e. The number of rotatable bonds is 4. The molecule has 1 N–H and O–H groups in total. The second-order valence-corrected chi connectivity index (χ2v) is 9.53. The maximum absolute atomic E-state index is 13.2. The first-order valence-corrected chi connectivity index (χ1v) is 11.3. The zero-order valence-corrected chi connectivity index (χ0v) is 19.6. The average molecular weight is 491 g/mol. The van der Waals surface area contributed by atoms with Crippen molar-refractivity contribution < 1.29 is 32.3 Å². The van der Waals surface area contributed by atoms with Crippen LogP contribution in [0.5, 0.6) is 5.75 Å². The Morgan fingerprint density at radius 3 is 2.41 bits per heavy atom. The molecule has 178 valence electrons. The molecule has 2 aromatic rings. The Hall–Kier alpha value is -3.27. The third-order valence-corrected chi connectivity index (χ3v) is 6.67. The number of aryl methyl sites for hydroxylation is 1. The Kier molecular flexibility index (Phi) is 5.75. The number of carbonyl (C=O) groups is 3. The number of imide groups is 1. The van der Waals surface area contributed by atoms with Crippen molar-refractivity contribution in [2.24, 2.45) is 0 Å². The number of halogens is 3. The lowest BCUT2D eigenvalue weighted by Crippen LogP contribution is -2.35. The van der Waals surface area contributed by atoms with Crippen LogP contribution in [0, 0.1) is 6.92 Å². The first-order chi connectivity index (χ1) is 15.8. The molecule has 3 amide bonds. The summed E-state index contributed by atoms with van der Waals surface area (Å²) in [6.45, 7) is 7.64. The molecule has 4 rings (SSSR count). The van der Waals surface area contributed by atoms with Crippen molar-refractivity contribution in [1.82, 2.24) is 5.32 Å². The van der Waals surface area contributed by atoms with Gasteiger partial charge in [-0.2, -0.15) is 0 Å². The van der Waals surface area contributed by atoms with Crippen LogP contribution in [-0.4, -0.2) is 30.0 Å². The SMILES string of the molecule is CCN1C(=O)C(C)(C)c2cc(C)c(-c3cc(/C=C4/SC(=O)NC4=O)ccc3OC(F)(F)F)cc21. The normalized spacial score (nSPS) is 18.5. The van der Waals surface area contributed by atoms with E-state index in [4.69, 9.17) is 0 Å². The van der Waals surface area contributed by atoms with Gasteiger partial charge in [-0.3, -0.25) is 19.7 Å². The quantitative estimate of drug-likeness (QED) is 0.571. The third kappa shape index (κ3) is 4.18. The van der Waals surface area contributed by atoms with E-state index in [0.29, 0.717) is 40.7 Å². The first kappa shape index (κ1) is 23.9. The van der Waals surface area contributed by atoms with Gasteiger partial charge < -0.3 is 9.64 Å². The molecule has 0 saturated carbocycles.